The zero-order valence-electron chi connectivity index (χ0n) is 10.6. The second kappa shape index (κ2) is 6.20. The maximum atomic E-state index is 13.6. The first-order chi connectivity index (χ1) is 9.51. The quantitative estimate of drug-likeness (QED) is 0.875. The number of aromatic hydroxyl groups is 1. The zero-order valence-corrected chi connectivity index (χ0v) is 12.1. The minimum atomic E-state index is -0.428. The van der Waals surface area contributed by atoms with Crippen LogP contribution < -0.4 is 10.1 Å². The van der Waals surface area contributed by atoms with Crippen LogP contribution in [0.3, 0.4) is 0 Å². The van der Waals surface area contributed by atoms with Gasteiger partial charge in [-0.15, -0.1) is 0 Å². The summed E-state index contributed by atoms with van der Waals surface area (Å²) in [6.45, 7) is 0.181. The molecule has 0 bridgehead atoms. The summed E-state index contributed by atoms with van der Waals surface area (Å²) < 4.78 is 18.6. The number of halogens is 3. The first kappa shape index (κ1) is 14.8. The van der Waals surface area contributed by atoms with E-state index < -0.39 is 5.82 Å². The molecule has 0 aliphatic heterocycles. The van der Waals surface area contributed by atoms with Crippen molar-refractivity contribution >= 4 is 28.9 Å². The van der Waals surface area contributed by atoms with Gasteiger partial charge in [-0.3, -0.25) is 0 Å². The van der Waals surface area contributed by atoms with Gasteiger partial charge in [0, 0.05) is 28.2 Å². The average molecular weight is 316 g/mol. The Morgan fingerprint density at radius 3 is 2.65 bits per heavy atom. The molecule has 2 rings (SSSR count). The third kappa shape index (κ3) is 3.26. The molecule has 3 nitrogen and oxygen atoms in total. The molecule has 0 spiro atoms. The third-order valence-corrected chi connectivity index (χ3v) is 3.19. The van der Waals surface area contributed by atoms with Gasteiger partial charge in [-0.1, -0.05) is 23.2 Å². The Kier molecular flexibility index (Phi) is 4.57. The molecule has 2 aromatic rings. The summed E-state index contributed by atoms with van der Waals surface area (Å²) in [4.78, 5) is 0. The summed E-state index contributed by atoms with van der Waals surface area (Å²) >= 11 is 11.7. The van der Waals surface area contributed by atoms with Gasteiger partial charge in [0.2, 0.25) is 0 Å². The van der Waals surface area contributed by atoms with E-state index in [0.29, 0.717) is 15.6 Å². The molecule has 2 aromatic carbocycles. The lowest BCUT2D eigenvalue weighted by molar-refractivity contribution is 0.371. The number of methoxy groups -OCH3 is 1. The Balaban J connectivity index is 2.23. The van der Waals surface area contributed by atoms with E-state index in [4.69, 9.17) is 27.9 Å². The maximum absolute atomic E-state index is 13.6. The number of anilines is 1. The molecule has 0 saturated carbocycles. The molecule has 0 unspecified atom stereocenters. The highest BCUT2D eigenvalue weighted by atomic mass is 35.5. The van der Waals surface area contributed by atoms with E-state index in [1.165, 1.54) is 31.4 Å². The monoisotopic (exact) mass is 315 g/mol. The number of hydrogen-bond acceptors (Lipinski definition) is 3. The molecular weight excluding hydrogens is 304 g/mol. The fraction of sp³-hybridized carbons (Fsp3) is 0.143. The molecule has 0 atom stereocenters. The molecule has 0 heterocycles. The molecule has 0 aliphatic rings. The molecule has 0 fully saturated rings. The highest BCUT2D eigenvalue weighted by Gasteiger charge is 2.11. The van der Waals surface area contributed by atoms with E-state index in [2.05, 4.69) is 5.32 Å². The van der Waals surface area contributed by atoms with Gasteiger partial charge in [0.15, 0.2) is 11.5 Å². The van der Waals surface area contributed by atoms with Crippen molar-refractivity contribution in [1.82, 2.24) is 0 Å². The maximum Gasteiger partial charge on any atom is 0.162 e. The summed E-state index contributed by atoms with van der Waals surface area (Å²) in [6, 6.07) is 7.27. The fourth-order valence-corrected chi connectivity index (χ4v) is 2.14. The van der Waals surface area contributed by atoms with Gasteiger partial charge in [-0.2, -0.15) is 0 Å². The standard InChI is InChI=1S/C14H12Cl2FNO2/c1-20-13-6-10(16)4-8(14(13)19)7-18-12-5-9(15)2-3-11(12)17/h2-6,18-19H,7H2,1H3. The van der Waals surface area contributed by atoms with Crippen molar-refractivity contribution < 1.29 is 14.2 Å². The predicted octanol–water partition coefficient (Wildman–Crippen LogP) is 4.46. The molecular formula is C14H12Cl2FNO2. The number of rotatable bonds is 4. The fourth-order valence-electron chi connectivity index (χ4n) is 1.74. The van der Waals surface area contributed by atoms with E-state index in [1.807, 2.05) is 0 Å². The Labute approximate surface area is 125 Å². The SMILES string of the molecule is COc1cc(Cl)cc(CNc2cc(Cl)ccc2F)c1O. The molecule has 0 amide bonds. The largest absolute Gasteiger partial charge is 0.504 e. The number of nitrogens with one attached hydrogen (secondary N) is 1. The Bertz CT molecular complexity index is 635. The van der Waals surface area contributed by atoms with Gasteiger partial charge in [0.05, 0.1) is 12.8 Å². The normalized spacial score (nSPS) is 10.4. The molecule has 20 heavy (non-hydrogen) atoms. The Morgan fingerprint density at radius 1 is 1.20 bits per heavy atom. The lowest BCUT2D eigenvalue weighted by Crippen LogP contribution is -2.02. The second-order valence-corrected chi connectivity index (χ2v) is 4.97. The van der Waals surface area contributed by atoms with E-state index in [1.54, 1.807) is 6.07 Å². The van der Waals surface area contributed by atoms with Crippen molar-refractivity contribution in [1.29, 1.82) is 0 Å². The van der Waals surface area contributed by atoms with Crippen LogP contribution in [0, 0.1) is 5.82 Å². The van der Waals surface area contributed by atoms with Gasteiger partial charge in [-0.25, -0.2) is 4.39 Å². The average Bonchev–Trinajstić information content (AvgIpc) is 2.42. The molecule has 0 saturated heterocycles. The molecule has 106 valence electrons. The van der Waals surface area contributed by atoms with Crippen molar-refractivity contribution in [2.45, 2.75) is 6.54 Å². The summed E-state index contributed by atoms with van der Waals surface area (Å²) in [7, 11) is 1.43. The van der Waals surface area contributed by atoms with Crippen molar-refractivity contribution in [3.8, 4) is 11.5 Å². The van der Waals surface area contributed by atoms with Gasteiger partial charge in [-0.05, 0) is 24.3 Å². The van der Waals surface area contributed by atoms with Gasteiger partial charge in [0.1, 0.15) is 5.82 Å². The van der Waals surface area contributed by atoms with Gasteiger partial charge >= 0.3 is 0 Å². The van der Waals surface area contributed by atoms with E-state index >= 15 is 0 Å². The first-order valence-electron chi connectivity index (χ1n) is 5.75. The van der Waals surface area contributed by atoms with Crippen molar-refractivity contribution in [3.63, 3.8) is 0 Å². The van der Waals surface area contributed by atoms with Crippen LogP contribution in [0.1, 0.15) is 5.56 Å². The number of ether oxygens (including phenoxy) is 1. The van der Waals surface area contributed by atoms with Crippen LogP contribution in [0.25, 0.3) is 0 Å². The van der Waals surface area contributed by atoms with Gasteiger partial charge < -0.3 is 15.2 Å². The van der Waals surface area contributed by atoms with Crippen LogP contribution in [-0.2, 0) is 6.54 Å². The van der Waals surface area contributed by atoms with Crippen LogP contribution in [0.5, 0.6) is 11.5 Å². The highest BCUT2D eigenvalue weighted by molar-refractivity contribution is 6.31. The lowest BCUT2D eigenvalue weighted by Gasteiger charge is -2.12. The van der Waals surface area contributed by atoms with Crippen molar-refractivity contribution in [2.75, 3.05) is 12.4 Å². The minimum absolute atomic E-state index is 0.0353. The number of hydrogen-bond donors (Lipinski definition) is 2. The van der Waals surface area contributed by atoms with Crippen LogP contribution in [-0.4, -0.2) is 12.2 Å². The second-order valence-electron chi connectivity index (χ2n) is 4.09. The van der Waals surface area contributed by atoms with Crippen LogP contribution >= 0.6 is 23.2 Å². The number of benzene rings is 2. The smallest absolute Gasteiger partial charge is 0.162 e. The van der Waals surface area contributed by atoms with Crippen LogP contribution in [0.4, 0.5) is 10.1 Å². The lowest BCUT2D eigenvalue weighted by atomic mass is 10.1. The van der Waals surface area contributed by atoms with Crippen molar-refractivity contribution in [3.05, 3.63) is 51.8 Å². The van der Waals surface area contributed by atoms with Crippen LogP contribution in [0.15, 0.2) is 30.3 Å². The molecule has 6 heteroatoms. The van der Waals surface area contributed by atoms with E-state index in [9.17, 15) is 9.50 Å². The summed E-state index contributed by atoms with van der Waals surface area (Å²) in [5.74, 6) is -0.199. The summed E-state index contributed by atoms with van der Waals surface area (Å²) in [6.07, 6.45) is 0. The first-order valence-corrected chi connectivity index (χ1v) is 6.51. The van der Waals surface area contributed by atoms with E-state index in [-0.39, 0.29) is 23.7 Å². The third-order valence-electron chi connectivity index (χ3n) is 2.74. The summed E-state index contributed by atoms with van der Waals surface area (Å²) in [5.41, 5.74) is 0.740. The highest BCUT2D eigenvalue weighted by Crippen LogP contribution is 2.34. The van der Waals surface area contributed by atoms with E-state index in [0.717, 1.165) is 0 Å². The molecule has 0 aliphatic carbocycles. The predicted molar refractivity (Wildman–Crippen MR) is 78.4 cm³/mol. The molecule has 0 radical (unpaired) electrons. The topological polar surface area (TPSA) is 41.5 Å². The minimum Gasteiger partial charge on any atom is -0.504 e. The number of phenolic OH excluding ortho intramolecular Hbond substituents is 1. The van der Waals surface area contributed by atoms with Gasteiger partial charge in [0.25, 0.3) is 0 Å². The number of phenols is 1. The molecule has 0 aromatic heterocycles. The Morgan fingerprint density at radius 2 is 1.95 bits per heavy atom. The molecule has 2 N–H and O–H groups in total. The zero-order chi connectivity index (χ0) is 14.7. The summed E-state index contributed by atoms with van der Waals surface area (Å²) in [5, 5.41) is 13.7. The Hall–Kier alpha value is -1.65. The van der Waals surface area contributed by atoms with Crippen LogP contribution in [0.2, 0.25) is 10.0 Å². The van der Waals surface area contributed by atoms with Crippen molar-refractivity contribution in [2.24, 2.45) is 0 Å².